The molecule has 0 N–H and O–H groups in total. The molecule has 90 valence electrons. The molecule has 1 aromatic carbocycles. The van der Waals surface area contributed by atoms with Gasteiger partial charge in [-0.05, 0) is 11.6 Å². The van der Waals surface area contributed by atoms with Crippen LogP contribution in [0.1, 0.15) is 35.7 Å². The summed E-state index contributed by atoms with van der Waals surface area (Å²) in [4.78, 5) is 22.4. The number of hydrogen-bond acceptors (Lipinski definition) is 3. The summed E-state index contributed by atoms with van der Waals surface area (Å²) in [5, 5.41) is 0. The van der Waals surface area contributed by atoms with Crippen LogP contribution in [0.3, 0.4) is 0 Å². The normalized spacial score (nSPS) is 10.5. The van der Waals surface area contributed by atoms with Crippen LogP contribution in [0.5, 0.6) is 0 Å². The van der Waals surface area contributed by atoms with Crippen LogP contribution in [0.2, 0.25) is 0 Å². The highest BCUT2D eigenvalue weighted by Gasteiger charge is 2.02. The first-order chi connectivity index (χ1) is 8.17. The Morgan fingerprint density at radius 2 is 2.12 bits per heavy atom. The van der Waals surface area contributed by atoms with Crippen LogP contribution < -0.4 is 0 Å². The van der Waals surface area contributed by atoms with E-state index < -0.39 is 0 Å². The molecule has 0 spiro atoms. The van der Waals surface area contributed by atoms with Crippen molar-refractivity contribution >= 4 is 17.8 Å². The lowest BCUT2D eigenvalue weighted by Crippen LogP contribution is -1.97. The molecule has 0 amide bonds. The maximum Gasteiger partial charge on any atom is 0.309 e. The number of esters is 1. The quantitative estimate of drug-likeness (QED) is 0.579. The van der Waals surface area contributed by atoms with Crippen LogP contribution >= 0.6 is 0 Å². The van der Waals surface area contributed by atoms with Crippen molar-refractivity contribution in [3.05, 3.63) is 41.5 Å². The summed E-state index contributed by atoms with van der Waals surface area (Å²) < 4.78 is 4.52. The third-order valence-electron chi connectivity index (χ3n) is 2.35. The Kier molecular flexibility index (Phi) is 5.14. The predicted octanol–water partition coefficient (Wildman–Crippen LogP) is 2.86. The summed E-state index contributed by atoms with van der Waals surface area (Å²) in [6.45, 7) is 1.84. The zero-order valence-electron chi connectivity index (χ0n) is 10.1. The van der Waals surface area contributed by atoms with Crippen LogP contribution in [0.4, 0.5) is 0 Å². The number of methoxy groups -OCH3 is 1. The molecule has 0 saturated carbocycles. The van der Waals surface area contributed by atoms with E-state index in [-0.39, 0.29) is 18.2 Å². The van der Waals surface area contributed by atoms with Gasteiger partial charge in [0.05, 0.1) is 13.5 Å². The first kappa shape index (κ1) is 13.2. The summed E-state index contributed by atoms with van der Waals surface area (Å²) in [7, 11) is 1.36. The number of ether oxygens (including phenoxy) is 1. The molecule has 0 heterocycles. The van der Waals surface area contributed by atoms with Gasteiger partial charge in [0, 0.05) is 12.0 Å². The second-order valence-electron chi connectivity index (χ2n) is 3.58. The largest absolute Gasteiger partial charge is 0.469 e. The smallest absolute Gasteiger partial charge is 0.309 e. The number of Topliss-reactive ketones (excluding diaryl/α,β-unsaturated/α-hetero) is 1. The van der Waals surface area contributed by atoms with Gasteiger partial charge in [0.1, 0.15) is 0 Å². The highest BCUT2D eigenvalue weighted by atomic mass is 16.5. The Morgan fingerprint density at radius 1 is 1.35 bits per heavy atom. The topological polar surface area (TPSA) is 43.4 Å². The van der Waals surface area contributed by atoms with Crippen molar-refractivity contribution < 1.29 is 14.3 Å². The van der Waals surface area contributed by atoms with E-state index in [9.17, 15) is 9.59 Å². The van der Waals surface area contributed by atoms with Gasteiger partial charge in [0.15, 0.2) is 5.78 Å². The minimum atomic E-state index is -0.276. The van der Waals surface area contributed by atoms with Gasteiger partial charge < -0.3 is 4.74 Å². The molecule has 0 fully saturated rings. The molecule has 0 atom stereocenters. The molecular weight excluding hydrogens is 216 g/mol. The molecule has 0 unspecified atom stereocenters. The number of carbonyl (C=O) groups is 2. The monoisotopic (exact) mass is 232 g/mol. The lowest BCUT2D eigenvalue weighted by atomic mass is 10.1. The van der Waals surface area contributed by atoms with Crippen molar-refractivity contribution in [3.8, 4) is 0 Å². The molecule has 0 radical (unpaired) electrons. The van der Waals surface area contributed by atoms with Crippen molar-refractivity contribution in [2.24, 2.45) is 0 Å². The van der Waals surface area contributed by atoms with Crippen molar-refractivity contribution in [2.75, 3.05) is 7.11 Å². The molecule has 0 aromatic heterocycles. The fourth-order valence-corrected chi connectivity index (χ4v) is 1.39. The standard InChI is InChI=1S/C14H16O3/c1-3-13(15)12-8-4-6-11(10-12)7-5-9-14(16)17-2/h4-8,10H,3,9H2,1-2H3. The average molecular weight is 232 g/mol. The molecule has 0 saturated heterocycles. The third kappa shape index (κ3) is 4.23. The average Bonchev–Trinajstić information content (AvgIpc) is 2.38. The molecule has 1 aromatic rings. The van der Waals surface area contributed by atoms with Gasteiger partial charge >= 0.3 is 5.97 Å². The van der Waals surface area contributed by atoms with Gasteiger partial charge in [-0.25, -0.2) is 0 Å². The Balaban J connectivity index is 2.72. The van der Waals surface area contributed by atoms with Crippen molar-refractivity contribution in [2.45, 2.75) is 19.8 Å². The van der Waals surface area contributed by atoms with E-state index in [4.69, 9.17) is 0 Å². The summed E-state index contributed by atoms with van der Waals surface area (Å²) in [5.74, 6) is -0.157. The van der Waals surface area contributed by atoms with E-state index in [1.807, 2.05) is 31.2 Å². The second-order valence-corrected chi connectivity index (χ2v) is 3.58. The lowest BCUT2D eigenvalue weighted by molar-refractivity contribution is -0.139. The van der Waals surface area contributed by atoms with Crippen LogP contribution in [0, 0.1) is 0 Å². The van der Waals surface area contributed by atoms with Crippen LogP contribution in [0.15, 0.2) is 30.3 Å². The zero-order valence-corrected chi connectivity index (χ0v) is 10.1. The molecule has 17 heavy (non-hydrogen) atoms. The predicted molar refractivity (Wildman–Crippen MR) is 66.7 cm³/mol. The highest BCUT2D eigenvalue weighted by Crippen LogP contribution is 2.09. The van der Waals surface area contributed by atoms with Gasteiger partial charge in [-0.15, -0.1) is 0 Å². The maximum absolute atomic E-state index is 11.5. The highest BCUT2D eigenvalue weighted by molar-refractivity contribution is 5.96. The van der Waals surface area contributed by atoms with Gasteiger partial charge in [-0.1, -0.05) is 37.3 Å². The Labute approximate surface area is 101 Å². The van der Waals surface area contributed by atoms with Crippen molar-refractivity contribution in [1.82, 2.24) is 0 Å². The zero-order chi connectivity index (χ0) is 12.7. The molecule has 3 heteroatoms. The van der Waals surface area contributed by atoms with Crippen LogP contribution in [-0.4, -0.2) is 18.9 Å². The van der Waals surface area contributed by atoms with Gasteiger partial charge in [0.2, 0.25) is 0 Å². The Morgan fingerprint density at radius 3 is 2.76 bits per heavy atom. The summed E-state index contributed by atoms with van der Waals surface area (Å²) in [5.41, 5.74) is 1.61. The second kappa shape index (κ2) is 6.63. The van der Waals surface area contributed by atoms with Crippen LogP contribution in [-0.2, 0) is 9.53 Å². The molecule has 0 aliphatic carbocycles. The first-order valence-electron chi connectivity index (χ1n) is 5.54. The van der Waals surface area contributed by atoms with E-state index in [2.05, 4.69) is 4.74 Å². The minimum Gasteiger partial charge on any atom is -0.469 e. The number of ketones is 1. The van der Waals surface area contributed by atoms with Gasteiger partial charge in [0.25, 0.3) is 0 Å². The SMILES string of the molecule is CCC(=O)c1cccc(C=CCC(=O)OC)c1. The molecule has 0 aliphatic rings. The number of hydrogen-bond donors (Lipinski definition) is 0. The Hall–Kier alpha value is -1.90. The lowest BCUT2D eigenvalue weighted by Gasteiger charge is -1.99. The minimum absolute atomic E-state index is 0.119. The number of benzene rings is 1. The number of rotatable bonds is 5. The molecule has 3 nitrogen and oxygen atoms in total. The molecule has 0 aliphatic heterocycles. The van der Waals surface area contributed by atoms with E-state index in [1.54, 1.807) is 12.1 Å². The molecular formula is C14H16O3. The first-order valence-corrected chi connectivity index (χ1v) is 5.54. The van der Waals surface area contributed by atoms with E-state index in [0.29, 0.717) is 12.0 Å². The Bertz CT molecular complexity index is 433. The summed E-state index contributed by atoms with van der Waals surface area (Å²) >= 11 is 0. The van der Waals surface area contributed by atoms with Gasteiger partial charge in [-0.3, -0.25) is 9.59 Å². The summed E-state index contributed by atoms with van der Waals surface area (Å²) in [6, 6.07) is 7.34. The van der Waals surface area contributed by atoms with Crippen LogP contribution in [0.25, 0.3) is 6.08 Å². The van der Waals surface area contributed by atoms with Crippen molar-refractivity contribution in [3.63, 3.8) is 0 Å². The molecule has 0 bridgehead atoms. The van der Waals surface area contributed by atoms with E-state index in [1.165, 1.54) is 7.11 Å². The van der Waals surface area contributed by atoms with Crippen molar-refractivity contribution in [1.29, 1.82) is 0 Å². The third-order valence-corrected chi connectivity index (χ3v) is 2.35. The fraction of sp³-hybridized carbons (Fsp3) is 0.286. The number of carbonyl (C=O) groups excluding carboxylic acids is 2. The van der Waals surface area contributed by atoms with E-state index >= 15 is 0 Å². The summed E-state index contributed by atoms with van der Waals surface area (Å²) in [6.07, 6.45) is 4.27. The molecule has 1 rings (SSSR count). The van der Waals surface area contributed by atoms with Gasteiger partial charge in [-0.2, -0.15) is 0 Å². The maximum atomic E-state index is 11.5. The fourth-order valence-electron chi connectivity index (χ4n) is 1.39. The van der Waals surface area contributed by atoms with E-state index in [0.717, 1.165) is 5.56 Å².